The van der Waals surface area contributed by atoms with Crippen molar-refractivity contribution in [2.24, 2.45) is 0 Å². The van der Waals surface area contributed by atoms with Gasteiger partial charge in [-0.1, -0.05) is 6.92 Å². The second-order valence-corrected chi connectivity index (χ2v) is 6.93. The lowest BCUT2D eigenvalue weighted by Gasteiger charge is -2.14. The number of aromatic nitrogens is 3. The molecule has 0 aromatic carbocycles. The van der Waals surface area contributed by atoms with E-state index in [1.165, 1.54) is 0 Å². The molecule has 0 aliphatic rings. The summed E-state index contributed by atoms with van der Waals surface area (Å²) in [5.41, 5.74) is 1.81. The molecule has 0 spiro atoms. The molecule has 1 atom stereocenters. The van der Waals surface area contributed by atoms with Crippen LogP contribution in [0.3, 0.4) is 0 Å². The zero-order valence-electron chi connectivity index (χ0n) is 12.3. The minimum absolute atomic E-state index is 0.0315. The number of hydrogen-bond acceptors (Lipinski definition) is 5. The number of hydrogen-bond donors (Lipinski definition) is 2. The maximum atomic E-state index is 11.6. The van der Waals surface area contributed by atoms with Crippen molar-refractivity contribution in [3.8, 4) is 0 Å². The highest BCUT2D eigenvalue weighted by atomic mass is 32.2. The van der Waals surface area contributed by atoms with E-state index in [0.717, 1.165) is 11.3 Å². The predicted octanol–water partition coefficient (Wildman–Crippen LogP) is 0.537. The van der Waals surface area contributed by atoms with E-state index in [-0.39, 0.29) is 11.8 Å². The Morgan fingerprint density at radius 1 is 1.38 bits per heavy atom. The minimum atomic E-state index is -3.15. The van der Waals surface area contributed by atoms with Crippen LogP contribution in [-0.4, -0.2) is 41.1 Å². The van der Waals surface area contributed by atoms with Crippen LogP contribution in [0.4, 0.5) is 0 Å². The lowest BCUT2D eigenvalue weighted by molar-refractivity contribution is 0.519. The van der Waals surface area contributed by atoms with Crippen LogP contribution < -0.4 is 10.0 Å². The molecule has 0 unspecified atom stereocenters. The first-order chi connectivity index (χ1) is 10.0. The summed E-state index contributed by atoms with van der Waals surface area (Å²) in [5, 5.41) is 3.28. The molecule has 8 heteroatoms. The Hall–Kier alpha value is -1.51. The highest BCUT2D eigenvalue weighted by Gasteiger charge is 2.11. The van der Waals surface area contributed by atoms with Crippen LogP contribution in [0.1, 0.15) is 26.0 Å². The van der Waals surface area contributed by atoms with Gasteiger partial charge in [0.25, 0.3) is 0 Å². The van der Waals surface area contributed by atoms with E-state index in [4.69, 9.17) is 0 Å². The lowest BCUT2D eigenvalue weighted by Crippen LogP contribution is -2.39. The Bertz CT molecular complexity index is 683. The summed E-state index contributed by atoms with van der Waals surface area (Å²) in [5.74, 6) is 0.167. The fourth-order valence-corrected chi connectivity index (χ4v) is 3.16. The third-order valence-corrected chi connectivity index (χ3v) is 4.66. The van der Waals surface area contributed by atoms with Crippen LogP contribution in [-0.2, 0) is 16.6 Å². The molecular formula is C13H21N5O2S. The maximum absolute atomic E-state index is 11.6. The molecule has 0 amide bonds. The number of nitrogens with one attached hydrogen (secondary N) is 2. The third kappa shape index (κ3) is 4.48. The van der Waals surface area contributed by atoms with E-state index in [1.54, 1.807) is 18.6 Å². The largest absolute Gasteiger partial charge is 0.307 e. The molecule has 21 heavy (non-hydrogen) atoms. The Labute approximate surface area is 124 Å². The lowest BCUT2D eigenvalue weighted by atomic mass is 10.3. The smallest absolute Gasteiger partial charge is 0.211 e. The Balaban J connectivity index is 1.85. The van der Waals surface area contributed by atoms with E-state index in [9.17, 15) is 8.42 Å². The van der Waals surface area contributed by atoms with Gasteiger partial charge in [0, 0.05) is 31.5 Å². The van der Waals surface area contributed by atoms with Gasteiger partial charge in [-0.2, -0.15) is 0 Å². The first kappa shape index (κ1) is 15.9. The molecule has 7 nitrogen and oxygen atoms in total. The molecule has 0 bridgehead atoms. The Morgan fingerprint density at radius 2 is 2.19 bits per heavy atom. The van der Waals surface area contributed by atoms with E-state index in [1.807, 2.05) is 24.4 Å². The van der Waals surface area contributed by atoms with Crippen molar-refractivity contribution in [3.63, 3.8) is 0 Å². The van der Waals surface area contributed by atoms with Crippen molar-refractivity contribution < 1.29 is 8.42 Å². The third-order valence-electron chi connectivity index (χ3n) is 3.11. The van der Waals surface area contributed by atoms with Gasteiger partial charge in [-0.15, -0.1) is 0 Å². The summed E-state index contributed by atoms with van der Waals surface area (Å²) in [6, 6.07) is 0.0315. The second-order valence-electron chi connectivity index (χ2n) is 5.00. The van der Waals surface area contributed by atoms with Crippen molar-refractivity contribution in [1.29, 1.82) is 0 Å². The first-order valence-corrected chi connectivity index (χ1v) is 8.63. The topological polar surface area (TPSA) is 88.4 Å². The van der Waals surface area contributed by atoms with Crippen LogP contribution in [0.15, 0.2) is 24.8 Å². The van der Waals surface area contributed by atoms with Gasteiger partial charge in [0.1, 0.15) is 0 Å². The first-order valence-electron chi connectivity index (χ1n) is 6.98. The van der Waals surface area contributed by atoms with Crippen LogP contribution in [0.2, 0.25) is 0 Å². The summed E-state index contributed by atoms with van der Waals surface area (Å²) in [6.45, 7) is 4.78. The van der Waals surface area contributed by atoms with Crippen LogP contribution in [0.25, 0.3) is 5.65 Å². The summed E-state index contributed by atoms with van der Waals surface area (Å²) < 4.78 is 27.7. The molecule has 0 saturated heterocycles. The molecule has 0 aliphatic heterocycles. The summed E-state index contributed by atoms with van der Waals surface area (Å²) in [6.07, 6.45) is 7.67. The van der Waals surface area contributed by atoms with Gasteiger partial charge in [0.2, 0.25) is 10.0 Å². The summed E-state index contributed by atoms with van der Waals surface area (Å²) in [7, 11) is -3.15. The molecule has 2 aromatic rings. The number of imidazole rings is 1. The van der Waals surface area contributed by atoms with Gasteiger partial charge in [-0.3, -0.25) is 9.38 Å². The Kier molecular flexibility index (Phi) is 5.27. The van der Waals surface area contributed by atoms with Crippen molar-refractivity contribution in [3.05, 3.63) is 30.5 Å². The monoisotopic (exact) mass is 311 g/mol. The van der Waals surface area contributed by atoms with E-state index in [2.05, 4.69) is 20.0 Å². The van der Waals surface area contributed by atoms with Crippen molar-refractivity contribution in [2.75, 3.05) is 12.3 Å². The van der Waals surface area contributed by atoms with Gasteiger partial charge in [0.05, 0.1) is 23.8 Å². The number of rotatable bonds is 8. The SMILES string of the molecule is CCCS(=O)(=O)NC[C@@H](C)NCc1cnc2cnccn12. The van der Waals surface area contributed by atoms with E-state index < -0.39 is 10.0 Å². The van der Waals surface area contributed by atoms with Crippen LogP contribution >= 0.6 is 0 Å². The van der Waals surface area contributed by atoms with Gasteiger partial charge >= 0.3 is 0 Å². The summed E-state index contributed by atoms with van der Waals surface area (Å²) in [4.78, 5) is 8.27. The molecule has 2 heterocycles. The normalized spacial score (nSPS) is 13.6. The standard InChI is InChI=1S/C13H21N5O2S/c1-3-6-21(19,20)17-7-11(2)15-8-12-9-16-13-10-14-4-5-18(12)13/h4-5,9-11,15,17H,3,6-8H2,1-2H3/t11-/m1/s1. The predicted molar refractivity (Wildman–Crippen MR) is 81.4 cm³/mol. The van der Waals surface area contributed by atoms with Crippen molar-refractivity contribution >= 4 is 15.7 Å². The average Bonchev–Trinajstić information content (AvgIpc) is 2.86. The molecule has 0 fully saturated rings. The molecule has 0 radical (unpaired) electrons. The van der Waals surface area contributed by atoms with E-state index >= 15 is 0 Å². The van der Waals surface area contributed by atoms with Gasteiger partial charge in [-0.25, -0.2) is 18.1 Å². The van der Waals surface area contributed by atoms with Crippen LogP contribution in [0.5, 0.6) is 0 Å². The molecule has 0 aliphatic carbocycles. The van der Waals surface area contributed by atoms with E-state index in [0.29, 0.717) is 19.5 Å². The summed E-state index contributed by atoms with van der Waals surface area (Å²) >= 11 is 0. The van der Waals surface area contributed by atoms with Gasteiger partial charge in [0.15, 0.2) is 5.65 Å². The fraction of sp³-hybridized carbons (Fsp3) is 0.538. The minimum Gasteiger partial charge on any atom is -0.307 e. The highest BCUT2D eigenvalue weighted by molar-refractivity contribution is 7.89. The van der Waals surface area contributed by atoms with Gasteiger partial charge < -0.3 is 5.32 Å². The number of sulfonamides is 1. The quantitative estimate of drug-likeness (QED) is 0.743. The van der Waals surface area contributed by atoms with Crippen molar-refractivity contribution in [1.82, 2.24) is 24.4 Å². The zero-order chi connectivity index (χ0) is 15.3. The molecule has 2 aromatic heterocycles. The molecular weight excluding hydrogens is 290 g/mol. The zero-order valence-corrected chi connectivity index (χ0v) is 13.1. The second kappa shape index (κ2) is 6.97. The number of fused-ring (bicyclic) bond motifs is 1. The van der Waals surface area contributed by atoms with Crippen LogP contribution in [0, 0.1) is 0 Å². The highest BCUT2D eigenvalue weighted by Crippen LogP contribution is 2.04. The van der Waals surface area contributed by atoms with Gasteiger partial charge in [-0.05, 0) is 13.3 Å². The Morgan fingerprint density at radius 3 is 2.95 bits per heavy atom. The molecule has 0 saturated carbocycles. The maximum Gasteiger partial charge on any atom is 0.211 e. The van der Waals surface area contributed by atoms with Crippen molar-refractivity contribution in [2.45, 2.75) is 32.9 Å². The number of nitrogens with zero attached hydrogens (tertiary/aromatic N) is 3. The molecule has 116 valence electrons. The average molecular weight is 311 g/mol. The fourth-order valence-electron chi connectivity index (χ4n) is 1.97. The molecule has 2 N–H and O–H groups in total. The molecule has 2 rings (SSSR count).